The molecule has 1 unspecified atom stereocenters. The molecular weight excluding hydrogens is 376 g/mol. The van der Waals surface area contributed by atoms with Gasteiger partial charge in [0.05, 0.1) is 6.10 Å². The topological polar surface area (TPSA) is 67.3 Å². The molecule has 1 aliphatic carbocycles. The van der Waals surface area contributed by atoms with Crippen LogP contribution in [0.3, 0.4) is 0 Å². The van der Waals surface area contributed by atoms with Crippen molar-refractivity contribution in [3.8, 4) is 11.4 Å². The Morgan fingerprint density at radius 3 is 2.77 bits per heavy atom. The summed E-state index contributed by atoms with van der Waals surface area (Å²) in [6.45, 7) is 3.38. The molecule has 0 bridgehead atoms. The number of anilines is 1. The fourth-order valence-electron chi connectivity index (χ4n) is 4.47. The van der Waals surface area contributed by atoms with Gasteiger partial charge in [-0.25, -0.2) is 9.97 Å². The first-order valence-electron chi connectivity index (χ1n) is 11.2. The Bertz CT molecular complexity index is 873. The molecule has 2 heterocycles. The highest BCUT2D eigenvalue weighted by Crippen LogP contribution is 2.29. The standard InChI is InChI=1S/C24H32N4O2/c1-17-8-6-9-18(14-17)22-25-16-21(24(29)26-15-20-12-7-13-30-20)23(27-22)28(2)19-10-4-3-5-11-19/h6,8-9,14,16,19-20H,3-5,7,10-13,15H2,1-2H3,(H,26,29). The molecule has 160 valence electrons. The third-order valence-electron chi connectivity index (χ3n) is 6.26. The summed E-state index contributed by atoms with van der Waals surface area (Å²) in [5.74, 6) is 1.25. The van der Waals surface area contributed by atoms with Crippen molar-refractivity contribution in [3.05, 3.63) is 41.6 Å². The minimum atomic E-state index is -0.126. The molecule has 1 saturated heterocycles. The van der Waals surface area contributed by atoms with E-state index < -0.39 is 0 Å². The molecule has 1 aliphatic heterocycles. The number of rotatable bonds is 6. The maximum atomic E-state index is 13.0. The molecule has 0 radical (unpaired) electrons. The number of benzene rings is 1. The van der Waals surface area contributed by atoms with E-state index >= 15 is 0 Å². The van der Waals surface area contributed by atoms with E-state index in [2.05, 4.69) is 41.3 Å². The van der Waals surface area contributed by atoms with Gasteiger partial charge in [0, 0.05) is 38.0 Å². The maximum absolute atomic E-state index is 13.0. The fourth-order valence-corrected chi connectivity index (χ4v) is 4.47. The second kappa shape index (κ2) is 9.56. The van der Waals surface area contributed by atoms with Gasteiger partial charge in [-0.05, 0) is 38.7 Å². The molecule has 4 rings (SSSR count). The van der Waals surface area contributed by atoms with E-state index in [0.717, 1.165) is 49.2 Å². The van der Waals surface area contributed by atoms with Crippen LogP contribution in [0.1, 0.15) is 60.9 Å². The van der Waals surface area contributed by atoms with Crippen molar-refractivity contribution in [1.29, 1.82) is 0 Å². The minimum absolute atomic E-state index is 0.112. The second-order valence-corrected chi connectivity index (χ2v) is 8.55. The zero-order valence-electron chi connectivity index (χ0n) is 18.1. The number of carbonyl (C=O) groups excluding carboxylic acids is 1. The molecule has 1 N–H and O–H groups in total. The summed E-state index contributed by atoms with van der Waals surface area (Å²) in [5.41, 5.74) is 2.67. The summed E-state index contributed by atoms with van der Waals surface area (Å²) < 4.78 is 5.64. The summed E-state index contributed by atoms with van der Waals surface area (Å²) in [6.07, 6.45) is 9.87. The Balaban J connectivity index is 1.62. The lowest BCUT2D eigenvalue weighted by molar-refractivity contribution is 0.0857. The van der Waals surface area contributed by atoms with Gasteiger partial charge in [-0.15, -0.1) is 0 Å². The highest BCUT2D eigenvalue weighted by Gasteiger charge is 2.25. The van der Waals surface area contributed by atoms with Crippen LogP contribution in [0.2, 0.25) is 0 Å². The molecule has 6 heteroatoms. The van der Waals surface area contributed by atoms with Crippen molar-refractivity contribution in [2.75, 3.05) is 25.1 Å². The largest absolute Gasteiger partial charge is 0.376 e. The summed E-state index contributed by atoms with van der Waals surface area (Å²) in [7, 11) is 2.06. The van der Waals surface area contributed by atoms with E-state index in [4.69, 9.17) is 9.72 Å². The highest BCUT2D eigenvalue weighted by atomic mass is 16.5. The number of nitrogens with one attached hydrogen (secondary N) is 1. The maximum Gasteiger partial charge on any atom is 0.256 e. The van der Waals surface area contributed by atoms with Crippen molar-refractivity contribution in [3.63, 3.8) is 0 Å². The van der Waals surface area contributed by atoms with Gasteiger partial charge in [-0.2, -0.15) is 0 Å². The van der Waals surface area contributed by atoms with Gasteiger partial charge in [0.25, 0.3) is 5.91 Å². The van der Waals surface area contributed by atoms with Gasteiger partial charge in [-0.1, -0.05) is 43.0 Å². The molecule has 2 aliphatic rings. The van der Waals surface area contributed by atoms with Crippen molar-refractivity contribution < 1.29 is 9.53 Å². The third-order valence-corrected chi connectivity index (χ3v) is 6.26. The number of nitrogens with zero attached hydrogens (tertiary/aromatic N) is 3. The van der Waals surface area contributed by atoms with E-state index in [0.29, 0.717) is 24.0 Å². The first-order chi connectivity index (χ1) is 14.6. The summed E-state index contributed by atoms with van der Waals surface area (Å²) in [6, 6.07) is 8.58. The van der Waals surface area contributed by atoms with Crippen LogP contribution in [0, 0.1) is 6.92 Å². The third kappa shape index (κ3) is 4.81. The monoisotopic (exact) mass is 408 g/mol. The van der Waals surface area contributed by atoms with Crippen LogP contribution in [0.5, 0.6) is 0 Å². The van der Waals surface area contributed by atoms with Crippen LogP contribution < -0.4 is 10.2 Å². The average Bonchev–Trinajstić information content (AvgIpc) is 3.31. The Morgan fingerprint density at radius 2 is 2.03 bits per heavy atom. The Labute approximate surface area is 179 Å². The van der Waals surface area contributed by atoms with Gasteiger partial charge in [0.2, 0.25) is 0 Å². The number of aryl methyl sites for hydroxylation is 1. The quantitative estimate of drug-likeness (QED) is 0.778. The van der Waals surface area contributed by atoms with Crippen molar-refractivity contribution in [2.24, 2.45) is 0 Å². The predicted molar refractivity (Wildman–Crippen MR) is 119 cm³/mol. The summed E-state index contributed by atoms with van der Waals surface area (Å²) in [4.78, 5) is 24.7. The second-order valence-electron chi connectivity index (χ2n) is 8.55. The fraction of sp³-hybridized carbons (Fsp3) is 0.542. The van der Waals surface area contributed by atoms with Crippen LogP contribution in [0.15, 0.2) is 30.5 Å². The van der Waals surface area contributed by atoms with Gasteiger partial charge in [0.15, 0.2) is 5.82 Å². The molecular formula is C24H32N4O2. The van der Waals surface area contributed by atoms with Crippen LogP contribution >= 0.6 is 0 Å². The molecule has 2 fully saturated rings. The smallest absolute Gasteiger partial charge is 0.256 e. The molecule has 1 atom stereocenters. The average molecular weight is 409 g/mol. The molecule has 1 saturated carbocycles. The zero-order valence-corrected chi connectivity index (χ0v) is 18.1. The summed E-state index contributed by atoms with van der Waals surface area (Å²) >= 11 is 0. The van der Waals surface area contributed by atoms with Crippen LogP contribution in [0.4, 0.5) is 5.82 Å². The van der Waals surface area contributed by atoms with E-state index in [9.17, 15) is 4.79 Å². The number of aromatic nitrogens is 2. The first kappa shape index (κ1) is 20.8. The van der Waals surface area contributed by atoms with Gasteiger partial charge in [0.1, 0.15) is 11.4 Å². The number of amides is 1. The highest BCUT2D eigenvalue weighted by molar-refractivity contribution is 5.99. The van der Waals surface area contributed by atoms with Gasteiger partial charge < -0.3 is 15.0 Å². The summed E-state index contributed by atoms with van der Waals surface area (Å²) in [5, 5.41) is 3.04. The van der Waals surface area contributed by atoms with Crippen LogP contribution in [-0.2, 0) is 4.74 Å². The SMILES string of the molecule is Cc1cccc(-c2ncc(C(=O)NCC3CCCO3)c(N(C)C3CCCCC3)n2)c1. The van der Waals surface area contributed by atoms with E-state index in [1.54, 1.807) is 6.20 Å². The van der Waals surface area contributed by atoms with Gasteiger partial charge in [-0.3, -0.25) is 4.79 Å². The van der Waals surface area contributed by atoms with E-state index in [-0.39, 0.29) is 12.0 Å². The normalized spacial score (nSPS) is 19.6. The van der Waals surface area contributed by atoms with Crippen LogP contribution in [-0.4, -0.2) is 48.2 Å². The molecule has 6 nitrogen and oxygen atoms in total. The van der Waals surface area contributed by atoms with E-state index in [1.807, 2.05) is 12.1 Å². The minimum Gasteiger partial charge on any atom is -0.376 e. The number of hydrogen-bond donors (Lipinski definition) is 1. The first-order valence-corrected chi connectivity index (χ1v) is 11.2. The zero-order chi connectivity index (χ0) is 20.9. The molecule has 2 aromatic rings. The molecule has 0 spiro atoms. The molecule has 1 aromatic heterocycles. The molecule has 1 amide bonds. The predicted octanol–water partition coefficient (Wildman–Crippen LogP) is 4.13. The molecule has 30 heavy (non-hydrogen) atoms. The number of ether oxygens (including phenoxy) is 1. The Hall–Kier alpha value is -2.47. The van der Waals surface area contributed by atoms with Crippen molar-refractivity contribution in [2.45, 2.75) is 64.0 Å². The number of hydrogen-bond acceptors (Lipinski definition) is 5. The van der Waals surface area contributed by atoms with Gasteiger partial charge >= 0.3 is 0 Å². The van der Waals surface area contributed by atoms with Crippen LogP contribution in [0.25, 0.3) is 11.4 Å². The molecule has 1 aromatic carbocycles. The van der Waals surface area contributed by atoms with Crippen molar-refractivity contribution in [1.82, 2.24) is 15.3 Å². The van der Waals surface area contributed by atoms with E-state index in [1.165, 1.54) is 19.3 Å². The lowest BCUT2D eigenvalue weighted by Gasteiger charge is -2.33. The lowest BCUT2D eigenvalue weighted by Crippen LogP contribution is -2.37. The number of carbonyl (C=O) groups is 1. The Kier molecular flexibility index (Phi) is 6.62. The van der Waals surface area contributed by atoms with Crippen molar-refractivity contribution >= 4 is 11.7 Å². The Morgan fingerprint density at radius 1 is 1.20 bits per heavy atom. The lowest BCUT2D eigenvalue weighted by atomic mass is 9.94.